The van der Waals surface area contributed by atoms with Gasteiger partial charge in [0.25, 0.3) is 0 Å². The molecule has 7 heteroatoms. The third-order valence-corrected chi connectivity index (χ3v) is 5.69. The first-order valence-electron chi connectivity index (χ1n) is 9.29. The zero-order valence-electron chi connectivity index (χ0n) is 15.8. The Morgan fingerprint density at radius 2 is 1.93 bits per heavy atom. The molecule has 29 heavy (non-hydrogen) atoms. The van der Waals surface area contributed by atoms with Crippen LogP contribution in [-0.2, 0) is 16.0 Å². The molecule has 1 aromatic heterocycles. The molecule has 0 unspecified atom stereocenters. The van der Waals surface area contributed by atoms with Crippen LogP contribution in [0.3, 0.4) is 0 Å². The molecule has 1 aliphatic heterocycles. The van der Waals surface area contributed by atoms with E-state index in [2.05, 4.69) is 4.98 Å². The molecular formula is C22H20ClFN2O3. The van der Waals surface area contributed by atoms with Crippen LogP contribution in [0, 0.1) is 0 Å². The fourth-order valence-corrected chi connectivity index (χ4v) is 4.29. The number of alkyl halides is 2. The van der Waals surface area contributed by atoms with Crippen LogP contribution in [0.2, 0.25) is 0 Å². The Bertz CT molecular complexity index is 1060. The summed E-state index contributed by atoms with van der Waals surface area (Å²) >= 11 is 5.87. The smallest absolute Gasteiger partial charge is 0.337 e. The first kappa shape index (κ1) is 19.5. The number of carbonyl (C=O) groups is 2. The number of hydrogen-bond donors (Lipinski definition) is 1. The summed E-state index contributed by atoms with van der Waals surface area (Å²) in [5.74, 6) is -1.01. The third kappa shape index (κ3) is 3.27. The Morgan fingerprint density at radius 1 is 1.21 bits per heavy atom. The molecule has 0 saturated heterocycles. The van der Waals surface area contributed by atoms with Gasteiger partial charge in [-0.1, -0.05) is 30.3 Å². The van der Waals surface area contributed by atoms with Crippen LogP contribution in [-0.4, -0.2) is 47.5 Å². The molecule has 0 spiro atoms. The van der Waals surface area contributed by atoms with Gasteiger partial charge in [-0.3, -0.25) is 4.79 Å². The second kappa shape index (κ2) is 7.87. The minimum atomic E-state index is -0.668. The number of carbonyl (C=O) groups excluding carboxylic acids is 2. The fraction of sp³-hybridized carbons (Fsp3) is 0.273. The summed E-state index contributed by atoms with van der Waals surface area (Å²) in [4.78, 5) is 29.4. The van der Waals surface area contributed by atoms with Gasteiger partial charge in [0.05, 0.1) is 24.8 Å². The molecule has 1 N–H and O–H groups in total. The van der Waals surface area contributed by atoms with Crippen LogP contribution in [0.15, 0.2) is 48.5 Å². The lowest BCUT2D eigenvalue weighted by Gasteiger charge is -2.41. The van der Waals surface area contributed by atoms with E-state index in [1.165, 1.54) is 12.0 Å². The number of amides is 1. The molecule has 0 bridgehead atoms. The van der Waals surface area contributed by atoms with Crippen molar-refractivity contribution in [1.82, 2.24) is 9.88 Å². The van der Waals surface area contributed by atoms with Crippen LogP contribution in [0.4, 0.5) is 4.39 Å². The van der Waals surface area contributed by atoms with Gasteiger partial charge in [0.2, 0.25) is 5.91 Å². The lowest BCUT2D eigenvalue weighted by atomic mass is 9.88. The van der Waals surface area contributed by atoms with Gasteiger partial charge in [-0.2, -0.15) is 0 Å². The van der Waals surface area contributed by atoms with E-state index >= 15 is 0 Å². The number of para-hydroxylation sites is 1. The summed E-state index contributed by atoms with van der Waals surface area (Å²) in [6.07, 6.45) is 0.412. The number of ether oxygens (including phenoxy) is 1. The molecule has 150 valence electrons. The summed E-state index contributed by atoms with van der Waals surface area (Å²) in [6, 6.07) is 13.5. The zero-order chi connectivity index (χ0) is 20.5. The molecule has 1 aliphatic rings. The normalized spacial score (nSPS) is 18.5. The van der Waals surface area contributed by atoms with Crippen LogP contribution < -0.4 is 0 Å². The molecule has 2 heterocycles. The molecule has 2 atom stereocenters. The summed E-state index contributed by atoms with van der Waals surface area (Å²) in [5, 5.41) is 1.02. The van der Waals surface area contributed by atoms with E-state index in [0.717, 1.165) is 27.7 Å². The summed E-state index contributed by atoms with van der Waals surface area (Å²) in [6.45, 7) is -0.668. The highest BCUT2D eigenvalue weighted by molar-refractivity contribution is 6.27. The predicted octanol–water partition coefficient (Wildman–Crippen LogP) is 4.01. The van der Waals surface area contributed by atoms with Crippen LogP contribution in [0.25, 0.3) is 10.9 Å². The Kier molecular flexibility index (Phi) is 5.28. The molecule has 2 aromatic carbocycles. The number of benzene rings is 2. The summed E-state index contributed by atoms with van der Waals surface area (Å²) in [7, 11) is 1.32. The van der Waals surface area contributed by atoms with Crippen molar-refractivity contribution in [3.8, 4) is 0 Å². The molecule has 5 nitrogen and oxygen atoms in total. The van der Waals surface area contributed by atoms with Crippen molar-refractivity contribution in [2.75, 3.05) is 19.7 Å². The van der Waals surface area contributed by atoms with Crippen molar-refractivity contribution >= 4 is 34.4 Å². The van der Waals surface area contributed by atoms with Crippen molar-refractivity contribution in [1.29, 1.82) is 0 Å². The predicted molar refractivity (Wildman–Crippen MR) is 109 cm³/mol. The Labute approximate surface area is 172 Å². The summed E-state index contributed by atoms with van der Waals surface area (Å²) < 4.78 is 18.8. The van der Waals surface area contributed by atoms with Gasteiger partial charge in [-0.25, -0.2) is 9.18 Å². The molecule has 0 saturated carbocycles. The van der Waals surface area contributed by atoms with Gasteiger partial charge >= 0.3 is 5.97 Å². The van der Waals surface area contributed by atoms with Gasteiger partial charge < -0.3 is 14.6 Å². The molecular weight excluding hydrogens is 395 g/mol. The quantitative estimate of drug-likeness (QED) is 0.518. The number of H-pyrrole nitrogens is 1. The highest BCUT2D eigenvalue weighted by Gasteiger charge is 2.40. The topological polar surface area (TPSA) is 62.4 Å². The molecule has 0 fully saturated rings. The third-order valence-electron chi connectivity index (χ3n) is 5.46. The summed E-state index contributed by atoms with van der Waals surface area (Å²) in [5.41, 5.74) is 3.96. The highest BCUT2D eigenvalue weighted by atomic mass is 35.5. The fourth-order valence-electron chi connectivity index (χ4n) is 4.15. The second-order valence-corrected chi connectivity index (χ2v) is 7.29. The van der Waals surface area contributed by atoms with Gasteiger partial charge in [-0.15, -0.1) is 11.6 Å². The van der Waals surface area contributed by atoms with E-state index in [9.17, 15) is 14.0 Å². The van der Waals surface area contributed by atoms with Crippen molar-refractivity contribution in [2.24, 2.45) is 0 Å². The molecule has 4 rings (SSSR count). The maximum atomic E-state index is 14.0. The number of methoxy groups -OCH3 is 1. The minimum Gasteiger partial charge on any atom is -0.465 e. The number of halogens is 2. The van der Waals surface area contributed by atoms with E-state index in [0.29, 0.717) is 12.0 Å². The van der Waals surface area contributed by atoms with E-state index < -0.39 is 24.7 Å². The van der Waals surface area contributed by atoms with Crippen molar-refractivity contribution in [3.63, 3.8) is 0 Å². The standard InChI is InChI=1S/C22H20ClFN2O3/c1-29-22(28)14-8-6-13(7-9-14)21-20-17(16-4-2-3-5-18(16)25-20)10-15(12-24)26(21)19(27)11-23/h2-9,15,21,25H,10-12H2,1H3/t15-,21+/m1/s1. The van der Waals surface area contributed by atoms with Gasteiger partial charge in [0, 0.05) is 16.6 Å². The van der Waals surface area contributed by atoms with Gasteiger partial charge in [0.15, 0.2) is 0 Å². The lowest BCUT2D eigenvalue weighted by molar-refractivity contribution is -0.133. The number of hydrogen-bond acceptors (Lipinski definition) is 3. The van der Waals surface area contributed by atoms with Crippen molar-refractivity contribution in [2.45, 2.75) is 18.5 Å². The van der Waals surface area contributed by atoms with E-state index in [4.69, 9.17) is 16.3 Å². The Hall–Kier alpha value is -2.86. The zero-order valence-corrected chi connectivity index (χ0v) is 16.6. The van der Waals surface area contributed by atoms with E-state index in [1.54, 1.807) is 24.3 Å². The molecule has 0 radical (unpaired) electrons. The van der Waals surface area contributed by atoms with Gasteiger partial charge in [-0.05, 0) is 35.7 Å². The average molecular weight is 415 g/mol. The Morgan fingerprint density at radius 3 is 2.59 bits per heavy atom. The second-order valence-electron chi connectivity index (χ2n) is 7.03. The number of nitrogens with zero attached hydrogens (tertiary/aromatic N) is 1. The number of fused-ring (bicyclic) bond motifs is 3. The molecule has 3 aromatic rings. The van der Waals surface area contributed by atoms with Gasteiger partial charge in [0.1, 0.15) is 12.6 Å². The van der Waals surface area contributed by atoms with E-state index in [1.807, 2.05) is 24.3 Å². The number of aromatic nitrogens is 1. The van der Waals surface area contributed by atoms with Crippen LogP contribution in [0.5, 0.6) is 0 Å². The van der Waals surface area contributed by atoms with E-state index in [-0.39, 0.29) is 11.8 Å². The number of rotatable bonds is 4. The maximum Gasteiger partial charge on any atom is 0.337 e. The highest BCUT2D eigenvalue weighted by Crippen LogP contribution is 2.41. The monoisotopic (exact) mass is 414 g/mol. The molecule has 1 amide bonds. The number of aromatic amines is 1. The average Bonchev–Trinajstić information content (AvgIpc) is 3.15. The number of esters is 1. The minimum absolute atomic E-state index is 0.233. The van der Waals surface area contributed by atoms with Crippen LogP contribution >= 0.6 is 11.6 Å². The maximum absolute atomic E-state index is 14.0. The largest absolute Gasteiger partial charge is 0.465 e. The van der Waals surface area contributed by atoms with Crippen molar-refractivity contribution < 1.29 is 18.7 Å². The lowest BCUT2D eigenvalue weighted by Crippen LogP contribution is -2.49. The Balaban J connectivity index is 1.89. The SMILES string of the molecule is COC(=O)c1ccc([C@H]2c3[nH]c4ccccc4c3C[C@H](CF)N2C(=O)CCl)cc1. The first-order chi connectivity index (χ1) is 14.1. The first-order valence-corrected chi connectivity index (χ1v) is 9.83. The molecule has 0 aliphatic carbocycles. The van der Waals surface area contributed by atoms with Crippen LogP contribution in [0.1, 0.15) is 33.2 Å². The number of nitrogens with one attached hydrogen (secondary N) is 1. The van der Waals surface area contributed by atoms with Crippen molar-refractivity contribution in [3.05, 3.63) is 70.9 Å².